The zero-order valence-corrected chi connectivity index (χ0v) is 7.11. The second kappa shape index (κ2) is 1.12. The summed E-state index contributed by atoms with van der Waals surface area (Å²) in [6.07, 6.45) is 7.59. The van der Waals surface area contributed by atoms with Gasteiger partial charge in [-0.05, 0) is 43.4 Å². The Morgan fingerprint density at radius 3 is 2.73 bits per heavy atom. The Morgan fingerprint density at radius 1 is 1.36 bits per heavy atom. The number of hydrogen-bond acceptors (Lipinski definition) is 0. The summed E-state index contributed by atoms with van der Waals surface area (Å²) in [4.78, 5) is 0. The first-order valence-electron chi connectivity index (χ1n) is 4.98. The number of allylic oxidation sites excluding steroid dienone is 2. The molecule has 11 heavy (non-hydrogen) atoms. The number of hydrogen-bond donors (Lipinski definition) is 0. The highest BCUT2D eigenvalue weighted by Crippen LogP contribution is 2.84. The van der Waals surface area contributed by atoms with E-state index in [1.807, 2.05) is 11.1 Å². The molecule has 0 aromatic rings. The average molecular weight is 146 g/mol. The first-order valence-corrected chi connectivity index (χ1v) is 4.98. The van der Waals surface area contributed by atoms with Crippen molar-refractivity contribution in [3.63, 3.8) is 0 Å². The SMILES string of the molecule is CC12CCC13C1=C(C1)CC3C2. The fourth-order valence-electron chi connectivity index (χ4n) is 4.53. The summed E-state index contributed by atoms with van der Waals surface area (Å²) < 4.78 is 0. The molecule has 0 bridgehead atoms. The van der Waals surface area contributed by atoms with Gasteiger partial charge in [-0.2, -0.15) is 0 Å². The lowest BCUT2D eigenvalue weighted by molar-refractivity contribution is -0.185. The van der Waals surface area contributed by atoms with E-state index >= 15 is 0 Å². The summed E-state index contributed by atoms with van der Waals surface area (Å²) in [7, 11) is 0. The van der Waals surface area contributed by atoms with Crippen LogP contribution in [0.25, 0.3) is 0 Å². The van der Waals surface area contributed by atoms with E-state index in [1.165, 1.54) is 19.3 Å². The molecular weight excluding hydrogens is 132 g/mol. The lowest BCUT2D eigenvalue weighted by atomic mass is 9.33. The molecule has 0 aromatic heterocycles. The van der Waals surface area contributed by atoms with Crippen molar-refractivity contribution in [2.45, 2.75) is 39.0 Å². The normalized spacial score (nSPS) is 62.5. The van der Waals surface area contributed by atoms with Gasteiger partial charge in [-0.15, -0.1) is 0 Å². The van der Waals surface area contributed by atoms with Gasteiger partial charge >= 0.3 is 0 Å². The zero-order valence-electron chi connectivity index (χ0n) is 7.11. The van der Waals surface area contributed by atoms with Gasteiger partial charge in [-0.25, -0.2) is 0 Å². The molecule has 3 atom stereocenters. The molecule has 0 nitrogen and oxygen atoms in total. The molecule has 2 fully saturated rings. The van der Waals surface area contributed by atoms with E-state index < -0.39 is 0 Å². The van der Waals surface area contributed by atoms with Crippen LogP contribution < -0.4 is 0 Å². The minimum atomic E-state index is 0.797. The molecule has 3 unspecified atom stereocenters. The van der Waals surface area contributed by atoms with Gasteiger partial charge in [-0.3, -0.25) is 0 Å². The molecule has 0 N–H and O–H groups in total. The molecule has 0 radical (unpaired) electrons. The molecule has 4 rings (SSSR count). The van der Waals surface area contributed by atoms with Crippen molar-refractivity contribution >= 4 is 0 Å². The Labute approximate surface area is 67.7 Å². The van der Waals surface area contributed by atoms with Crippen LogP contribution in [0.15, 0.2) is 11.1 Å². The molecule has 0 amide bonds. The first-order chi connectivity index (χ1) is 5.26. The van der Waals surface area contributed by atoms with E-state index in [2.05, 4.69) is 6.92 Å². The Kier molecular flexibility index (Phi) is 0.551. The fraction of sp³-hybridized carbons (Fsp3) is 0.818. The summed E-state index contributed by atoms with van der Waals surface area (Å²) in [5.74, 6) is 1.12. The summed E-state index contributed by atoms with van der Waals surface area (Å²) >= 11 is 0. The van der Waals surface area contributed by atoms with E-state index in [1.54, 1.807) is 12.8 Å². The average Bonchev–Trinajstić information content (AvgIpc) is 2.63. The third-order valence-electron chi connectivity index (χ3n) is 5.27. The quantitative estimate of drug-likeness (QED) is 0.461. The lowest BCUT2D eigenvalue weighted by Crippen LogP contribution is -2.62. The minimum absolute atomic E-state index is 0.797. The molecule has 1 spiro atoms. The van der Waals surface area contributed by atoms with Gasteiger partial charge in [-0.1, -0.05) is 18.1 Å². The summed E-state index contributed by atoms with van der Waals surface area (Å²) in [5.41, 5.74) is 5.43. The second-order valence-corrected chi connectivity index (χ2v) is 5.40. The predicted molar refractivity (Wildman–Crippen MR) is 44.1 cm³/mol. The van der Waals surface area contributed by atoms with Crippen LogP contribution in [0.2, 0.25) is 0 Å². The van der Waals surface area contributed by atoms with E-state index in [0.717, 1.165) is 16.7 Å². The molecule has 0 aromatic carbocycles. The highest BCUT2D eigenvalue weighted by atomic mass is 14.8. The summed E-state index contributed by atoms with van der Waals surface area (Å²) in [6, 6.07) is 0. The molecule has 58 valence electrons. The Bertz CT molecular complexity index is 299. The molecule has 0 heterocycles. The van der Waals surface area contributed by atoms with Gasteiger partial charge in [0.15, 0.2) is 0 Å². The highest BCUT2D eigenvalue weighted by molar-refractivity contribution is 5.53. The molecule has 0 aliphatic heterocycles. The van der Waals surface area contributed by atoms with Crippen LogP contribution in [-0.2, 0) is 0 Å². The highest BCUT2D eigenvalue weighted by Gasteiger charge is 2.74. The molecule has 0 saturated heterocycles. The van der Waals surface area contributed by atoms with Crippen LogP contribution in [0.1, 0.15) is 39.0 Å². The minimum Gasteiger partial charge on any atom is -0.0657 e. The van der Waals surface area contributed by atoms with Crippen molar-refractivity contribution in [3.8, 4) is 0 Å². The van der Waals surface area contributed by atoms with Gasteiger partial charge in [0.25, 0.3) is 0 Å². The zero-order chi connectivity index (χ0) is 7.27. The van der Waals surface area contributed by atoms with Crippen LogP contribution >= 0.6 is 0 Å². The van der Waals surface area contributed by atoms with Crippen LogP contribution in [0.3, 0.4) is 0 Å². The Morgan fingerprint density at radius 2 is 2.27 bits per heavy atom. The first kappa shape index (κ1) is 5.40. The van der Waals surface area contributed by atoms with Crippen LogP contribution in [-0.4, -0.2) is 0 Å². The van der Waals surface area contributed by atoms with E-state index in [4.69, 9.17) is 0 Å². The van der Waals surface area contributed by atoms with Crippen LogP contribution in [0.5, 0.6) is 0 Å². The van der Waals surface area contributed by atoms with E-state index in [-0.39, 0.29) is 0 Å². The smallest absolute Gasteiger partial charge is 0.000344 e. The third-order valence-corrected chi connectivity index (χ3v) is 5.27. The maximum absolute atomic E-state index is 2.53. The Balaban J connectivity index is 1.91. The topological polar surface area (TPSA) is 0 Å². The van der Waals surface area contributed by atoms with Gasteiger partial charge < -0.3 is 0 Å². The largest absolute Gasteiger partial charge is 0.0657 e. The fourth-order valence-corrected chi connectivity index (χ4v) is 4.53. The van der Waals surface area contributed by atoms with Crippen LogP contribution in [0, 0.1) is 16.7 Å². The third kappa shape index (κ3) is 0.319. The Hall–Kier alpha value is -0.260. The van der Waals surface area contributed by atoms with Crippen molar-refractivity contribution in [1.29, 1.82) is 0 Å². The molecule has 4 aliphatic carbocycles. The summed E-state index contributed by atoms with van der Waals surface area (Å²) in [6.45, 7) is 2.53. The predicted octanol–water partition coefficient (Wildman–Crippen LogP) is 2.90. The van der Waals surface area contributed by atoms with Gasteiger partial charge in [0, 0.05) is 5.41 Å². The standard InChI is InChI=1S/C11H14/c1-10-2-3-11(10)8(6-10)4-7-5-9(7)11/h8H,2-6H2,1H3. The van der Waals surface area contributed by atoms with Crippen molar-refractivity contribution in [2.75, 3.05) is 0 Å². The van der Waals surface area contributed by atoms with Crippen LogP contribution in [0.4, 0.5) is 0 Å². The van der Waals surface area contributed by atoms with Gasteiger partial charge in [0.2, 0.25) is 0 Å². The molecule has 0 heteroatoms. The summed E-state index contributed by atoms with van der Waals surface area (Å²) in [5, 5.41) is 0. The van der Waals surface area contributed by atoms with Gasteiger partial charge in [0.05, 0.1) is 0 Å². The van der Waals surface area contributed by atoms with Crippen molar-refractivity contribution in [3.05, 3.63) is 11.1 Å². The lowest BCUT2D eigenvalue weighted by Gasteiger charge is -2.70. The number of rotatable bonds is 0. The van der Waals surface area contributed by atoms with Crippen molar-refractivity contribution < 1.29 is 0 Å². The maximum atomic E-state index is 2.53. The van der Waals surface area contributed by atoms with E-state index in [0.29, 0.717) is 0 Å². The molecular formula is C11H14. The maximum Gasteiger partial charge on any atom is 0.000344 e. The van der Waals surface area contributed by atoms with Crippen molar-refractivity contribution in [1.82, 2.24) is 0 Å². The second-order valence-electron chi connectivity index (χ2n) is 5.40. The molecule has 4 aliphatic rings. The molecule has 2 saturated carbocycles. The monoisotopic (exact) mass is 146 g/mol. The van der Waals surface area contributed by atoms with Crippen molar-refractivity contribution in [2.24, 2.45) is 16.7 Å². The van der Waals surface area contributed by atoms with E-state index in [9.17, 15) is 0 Å². The van der Waals surface area contributed by atoms with Gasteiger partial charge in [0.1, 0.15) is 0 Å².